The number of hydrogen-bond donors (Lipinski definition) is 1. The van der Waals surface area contributed by atoms with Crippen LogP contribution in [0.1, 0.15) is 33.1 Å². The van der Waals surface area contributed by atoms with E-state index in [0.29, 0.717) is 38.3 Å². The average molecular weight is 342 g/mol. The molecule has 0 unspecified atom stereocenters. The molecule has 0 radical (unpaired) electrons. The average Bonchev–Trinajstić information content (AvgIpc) is 2.47. The first kappa shape index (κ1) is 17.9. The number of rotatable bonds is 5. The number of sulfonamides is 1. The van der Waals surface area contributed by atoms with Crippen LogP contribution in [0.2, 0.25) is 0 Å². The molecule has 23 heavy (non-hydrogen) atoms. The molecule has 0 atom stereocenters. The maximum absolute atomic E-state index is 12.9. The highest BCUT2D eigenvalue weighted by Crippen LogP contribution is 2.17. The molecule has 1 aliphatic heterocycles. The number of hydrogen-bond acceptors (Lipinski definition) is 3. The molecule has 1 heterocycles. The van der Waals surface area contributed by atoms with Gasteiger partial charge in [-0.1, -0.05) is 13.8 Å². The molecule has 1 aromatic rings. The predicted molar refractivity (Wildman–Crippen MR) is 85.8 cm³/mol. The van der Waals surface area contributed by atoms with Crippen LogP contribution < -0.4 is 4.72 Å². The molecule has 128 valence electrons. The highest BCUT2D eigenvalue weighted by Gasteiger charge is 2.26. The Kier molecular flexibility index (Phi) is 5.75. The first-order chi connectivity index (χ1) is 10.8. The third-order valence-corrected chi connectivity index (χ3v) is 5.41. The van der Waals surface area contributed by atoms with Crippen molar-refractivity contribution in [2.45, 2.75) is 44.0 Å². The standard InChI is InChI=1S/C16H23FN2O3S/c1-12(2)11-16(20)19-9-7-14(8-10-19)18-23(21,22)15-5-3-13(17)4-6-15/h3-6,12,14,18H,7-11H2,1-2H3. The van der Waals surface area contributed by atoms with Gasteiger partial charge in [0.15, 0.2) is 0 Å². The summed E-state index contributed by atoms with van der Waals surface area (Å²) in [5, 5.41) is 0. The molecule has 0 bridgehead atoms. The summed E-state index contributed by atoms with van der Waals surface area (Å²) < 4.78 is 40.0. The zero-order valence-corrected chi connectivity index (χ0v) is 14.3. The third-order valence-electron chi connectivity index (χ3n) is 3.88. The number of carbonyl (C=O) groups is 1. The monoisotopic (exact) mass is 342 g/mol. The van der Waals surface area contributed by atoms with Crippen molar-refractivity contribution < 1.29 is 17.6 Å². The van der Waals surface area contributed by atoms with Gasteiger partial charge in [0.05, 0.1) is 4.90 Å². The molecular weight excluding hydrogens is 319 g/mol. The molecule has 5 nitrogen and oxygen atoms in total. The Morgan fingerprint density at radius 2 is 1.83 bits per heavy atom. The molecule has 1 fully saturated rings. The summed E-state index contributed by atoms with van der Waals surface area (Å²) in [5.41, 5.74) is 0. The topological polar surface area (TPSA) is 66.5 Å². The Labute approximate surface area is 136 Å². The number of nitrogens with one attached hydrogen (secondary N) is 1. The quantitative estimate of drug-likeness (QED) is 0.891. The number of nitrogens with zero attached hydrogens (tertiary/aromatic N) is 1. The zero-order chi connectivity index (χ0) is 17.0. The van der Waals surface area contributed by atoms with E-state index in [9.17, 15) is 17.6 Å². The fourth-order valence-electron chi connectivity index (χ4n) is 2.63. The first-order valence-electron chi connectivity index (χ1n) is 7.83. The number of amides is 1. The summed E-state index contributed by atoms with van der Waals surface area (Å²) in [5.74, 6) is -0.0297. The molecular formula is C16H23FN2O3S. The second-order valence-corrected chi connectivity index (χ2v) is 8.04. The lowest BCUT2D eigenvalue weighted by Crippen LogP contribution is -2.46. The van der Waals surface area contributed by atoms with Crippen LogP contribution in [0.3, 0.4) is 0 Å². The minimum absolute atomic E-state index is 0.0530. The van der Waals surface area contributed by atoms with E-state index in [1.165, 1.54) is 12.1 Å². The van der Waals surface area contributed by atoms with Gasteiger partial charge in [0, 0.05) is 25.6 Å². The zero-order valence-electron chi connectivity index (χ0n) is 13.5. The SMILES string of the molecule is CC(C)CC(=O)N1CCC(NS(=O)(=O)c2ccc(F)cc2)CC1. The lowest BCUT2D eigenvalue weighted by Gasteiger charge is -2.32. The number of benzene rings is 1. The third kappa shape index (κ3) is 5.00. The normalized spacial score (nSPS) is 16.8. The van der Waals surface area contributed by atoms with Gasteiger partial charge in [0.2, 0.25) is 15.9 Å². The smallest absolute Gasteiger partial charge is 0.240 e. The minimum atomic E-state index is -3.65. The van der Waals surface area contributed by atoms with Crippen molar-refractivity contribution in [3.8, 4) is 0 Å². The van der Waals surface area contributed by atoms with Crippen molar-refractivity contribution in [3.63, 3.8) is 0 Å². The van der Waals surface area contributed by atoms with Gasteiger partial charge in [-0.15, -0.1) is 0 Å². The van der Waals surface area contributed by atoms with E-state index in [1.807, 2.05) is 13.8 Å². The van der Waals surface area contributed by atoms with Gasteiger partial charge in [0.25, 0.3) is 0 Å². The number of piperidine rings is 1. The molecule has 0 aromatic heterocycles. The minimum Gasteiger partial charge on any atom is -0.343 e. The molecule has 1 amide bonds. The van der Waals surface area contributed by atoms with E-state index in [2.05, 4.69) is 4.72 Å². The lowest BCUT2D eigenvalue weighted by molar-refractivity contribution is -0.133. The van der Waals surface area contributed by atoms with Crippen molar-refractivity contribution in [2.24, 2.45) is 5.92 Å². The van der Waals surface area contributed by atoms with Crippen LogP contribution in [0.15, 0.2) is 29.2 Å². The second kappa shape index (κ2) is 7.40. The van der Waals surface area contributed by atoms with Gasteiger partial charge in [-0.2, -0.15) is 0 Å². The fourth-order valence-corrected chi connectivity index (χ4v) is 3.93. The molecule has 1 aromatic carbocycles. The molecule has 1 saturated heterocycles. The van der Waals surface area contributed by atoms with Crippen LogP contribution >= 0.6 is 0 Å². The van der Waals surface area contributed by atoms with Crippen LogP contribution in [0.5, 0.6) is 0 Å². The highest BCUT2D eigenvalue weighted by molar-refractivity contribution is 7.89. The Bertz CT molecular complexity index is 636. The van der Waals surface area contributed by atoms with Gasteiger partial charge in [-0.3, -0.25) is 4.79 Å². The number of likely N-dealkylation sites (tertiary alicyclic amines) is 1. The highest BCUT2D eigenvalue weighted by atomic mass is 32.2. The van der Waals surface area contributed by atoms with Gasteiger partial charge in [-0.25, -0.2) is 17.5 Å². The summed E-state index contributed by atoms with van der Waals surface area (Å²) in [6.45, 7) is 5.12. The van der Waals surface area contributed by atoms with E-state index in [-0.39, 0.29) is 16.8 Å². The van der Waals surface area contributed by atoms with Crippen LogP contribution in [0.25, 0.3) is 0 Å². The number of carbonyl (C=O) groups excluding carboxylic acids is 1. The van der Waals surface area contributed by atoms with Crippen molar-refractivity contribution in [1.29, 1.82) is 0 Å². The Morgan fingerprint density at radius 1 is 1.26 bits per heavy atom. The van der Waals surface area contributed by atoms with E-state index in [4.69, 9.17) is 0 Å². The summed E-state index contributed by atoms with van der Waals surface area (Å²) in [7, 11) is -3.65. The molecule has 0 saturated carbocycles. The van der Waals surface area contributed by atoms with E-state index < -0.39 is 15.8 Å². The van der Waals surface area contributed by atoms with Crippen LogP contribution in [0, 0.1) is 11.7 Å². The first-order valence-corrected chi connectivity index (χ1v) is 9.32. The second-order valence-electron chi connectivity index (χ2n) is 6.33. The molecule has 7 heteroatoms. The van der Waals surface area contributed by atoms with Crippen molar-refractivity contribution in [1.82, 2.24) is 9.62 Å². The Hall–Kier alpha value is -1.47. The summed E-state index contributed by atoms with van der Waals surface area (Å²) in [6, 6.07) is 4.55. The largest absolute Gasteiger partial charge is 0.343 e. The Morgan fingerprint density at radius 3 is 2.35 bits per heavy atom. The lowest BCUT2D eigenvalue weighted by atomic mass is 10.0. The van der Waals surface area contributed by atoms with Crippen molar-refractivity contribution in [3.05, 3.63) is 30.1 Å². The maximum Gasteiger partial charge on any atom is 0.240 e. The van der Waals surface area contributed by atoms with E-state index >= 15 is 0 Å². The molecule has 0 aliphatic carbocycles. The predicted octanol–water partition coefficient (Wildman–Crippen LogP) is 2.14. The van der Waals surface area contributed by atoms with Gasteiger partial charge >= 0.3 is 0 Å². The van der Waals surface area contributed by atoms with E-state index in [0.717, 1.165) is 12.1 Å². The van der Waals surface area contributed by atoms with Gasteiger partial charge in [-0.05, 0) is 43.0 Å². The summed E-state index contributed by atoms with van der Waals surface area (Å²) in [4.78, 5) is 13.9. The maximum atomic E-state index is 12.9. The fraction of sp³-hybridized carbons (Fsp3) is 0.562. The van der Waals surface area contributed by atoms with Crippen LogP contribution in [0.4, 0.5) is 4.39 Å². The van der Waals surface area contributed by atoms with Gasteiger partial charge < -0.3 is 4.90 Å². The summed E-state index contributed by atoms with van der Waals surface area (Å²) in [6.07, 6.45) is 1.69. The van der Waals surface area contributed by atoms with Crippen LogP contribution in [-0.4, -0.2) is 38.4 Å². The van der Waals surface area contributed by atoms with Crippen molar-refractivity contribution in [2.75, 3.05) is 13.1 Å². The van der Waals surface area contributed by atoms with E-state index in [1.54, 1.807) is 4.90 Å². The molecule has 0 spiro atoms. The van der Waals surface area contributed by atoms with Gasteiger partial charge in [0.1, 0.15) is 5.82 Å². The summed E-state index contributed by atoms with van der Waals surface area (Å²) >= 11 is 0. The number of halogens is 1. The van der Waals surface area contributed by atoms with Crippen molar-refractivity contribution >= 4 is 15.9 Å². The molecule has 1 aliphatic rings. The molecule has 2 rings (SSSR count). The Balaban J connectivity index is 1.91. The molecule has 1 N–H and O–H groups in total. The van der Waals surface area contributed by atoms with Crippen LogP contribution in [-0.2, 0) is 14.8 Å².